The van der Waals surface area contributed by atoms with Gasteiger partial charge in [0, 0.05) is 16.7 Å². The zero-order valence-electron chi connectivity index (χ0n) is 9.95. The lowest BCUT2D eigenvalue weighted by Gasteiger charge is -2.18. The van der Waals surface area contributed by atoms with E-state index in [0.717, 1.165) is 18.6 Å². The van der Waals surface area contributed by atoms with Crippen molar-refractivity contribution < 1.29 is 4.39 Å². The van der Waals surface area contributed by atoms with Crippen LogP contribution >= 0.6 is 11.8 Å². The van der Waals surface area contributed by atoms with E-state index >= 15 is 0 Å². The molecule has 3 heteroatoms. The summed E-state index contributed by atoms with van der Waals surface area (Å²) in [6, 6.07) is 7.00. The van der Waals surface area contributed by atoms with Crippen LogP contribution in [0.4, 0.5) is 4.39 Å². The minimum absolute atomic E-state index is 0.143. The zero-order valence-corrected chi connectivity index (χ0v) is 10.8. The molecule has 0 saturated heterocycles. The minimum atomic E-state index is -0.150. The van der Waals surface area contributed by atoms with Gasteiger partial charge in [-0.05, 0) is 24.5 Å². The summed E-state index contributed by atoms with van der Waals surface area (Å²) in [5.74, 6) is 1.13. The third-order valence-corrected chi connectivity index (χ3v) is 3.94. The zero-order chi connectivity index (χ0) is 12.0. The maximum absolute atomic E-state index is 13.3. The summed E-state index contributed by atoms with van der Waals surface area (Å²) in [5.41, 5.74) is 6.06. The Labute approximate surface area is 102 Å². The van der Waals surface area contributed by atoms with Crippen molar-refractivity contribution in [2.75, 3.05) is 5.75 Å². The van der Waals surface area contributed by atoms with Crippen molar-refractivity contribution in [3.8, 4) is 0 Å². The van der Waals surface area contributed by atoms with Crippen molar-refractivity contribution >= 4 is 11.8 Å². The predicted molar refractivity (Wildman–Crippen MR) is 69.2 cm³/mol. The van der Waals surface area contributed by atoms with Gasteiger partial charge in [0.25, 0.3) is 0 Å². The number of halogens is 1. The van der Waals surface area contributed by atoms with Crippen molar-refractivity contribution in [2.45, 2.75) is 37.6 Å². The molecule has 90 valence electrons. The van der Waals surface area contributed by atoms with Gasteiger partial charge in [-0.15, -0.1) is 11.8 Å². The fourth-order valence-corrected chi connectivity index (χ4v) is 2.66. The largest absolute Gasteiger partial charge is 0.327 e. The molecule has 1 aromatic rings. The van der Waals surface area contributed by atoms with Gasteiger partial charge >= 0.3 is 0 Å². The van der Waals surface area contributed by atoms with Crippen LogP contribution in [-0.2, 0) is 0 Å². The van der Waals surface area contributed by atoms with Crippen LogP contribution in [0.5, 0.6) is 0 Å². The molecule has 16 heavy (non-hydrogen) atoms. The second-order valence-corrected chi connectivity index (χ2v) is 5.23. The fourth-order valence-electron chi connectivity index (χ4n) is 1.58. The highest BCUT2D eigenvalue weighted by molar-refractivity contribution is 7.99. The number of hydrogen-bond acceptors (Lipinski definition) is 2. The highest BCUT2D eigenvalue weighted by Gasteiger charge is 2.12. The van der Waals surface area contributed by atoms with Crippen LogP contribution in [0.2, 0.25) is 0 Å². The molecule has 2 unspecified atom stereocenters. The van der Waals surface area contributed by atoms with Gasteiger partial charge in [0.15, 0.2) is 0 Å². The minimum Gasteiger partial charge on any atom is -0.327 e. The molecule has 0 bridgehead atoms. The summed E-state index contributed by atoms with van der Waals surface area (Å²) < 4.78 is 13.3. The number of benzene rings is 1. The van der Waals surface area contributed by atoms with Crippen molar-refractivity contribution in [3.05, 3.63) is 30.1 Å². The molecule has 1 nitrogen and oxygen atoms in total. The van der Waals surface area contributed by atoms with E-state index in [1.807, 2.05) is 6.07 Å². The average Bonchev–Trinajstić information content (AvgIpc) is 2.28. The Morgan fingerprint density at radius 1 is 1.38 bits per heavy atom. The third-order valence-electron chi connectivity index (χ3n) is 2.74. The van der Waals surface area contributed by atoms with Gasteiger partial charge in [-0.1, -0.05) is 32.4 Å². The first-order valence-electron chi connectivity index (χ1n) is 5.78. The molecule has 1 aromatic carbocycles. The van der Waals surface area contributed by atoms with Gasteiger partial charge in [-0.25, -0.2) is 4.39 Å². The Bertz CT molecular complexity index is 317. The molecule has 0 fully saturated rings. The normalized spacial score (nSPS) is 14.8. The quantitative estimate of drug-likeness (QED) is 0.769. The maximum atomic E-state index is 13.3. The first kappa shape index (κ1) is 13.5. The summed E-state index contributed by atoms with van der Waals surface area (Å²) in [4.78, 5) is 0.696. The Morgan fingerprint density at radius 3 is 2.69 bits per heavy atom. The molecule has 0 aliphatic carbocycles. The van der Waals surface area contributed by atoms with Gasteiger partial charge in [0.05, 0.1) is 0 Å². The van der Waals surface area contributed by atoms with E-state index < -0.39 is 0 Å². The molecule has 2 atom stereocenters. The molecule has 2 N–H and O–H groups in total. The summed E-state index contributed by atoms with van der Waals surface area (Å²) in [5, 5.41) is 0. The highest BCUT2D eigenvalue weighted by Crippen LogP contribution is 2.23. The van der Waals surface area contributed by atoms with Crippen LogP contribution in [0.1, 0.15) is 26.7 Å². The Kier molecular flexibility index (Phi) is 5.85. The molecule has 0 saturated carbocycles. The standard InChI is InChI=1S/C13H20FNS/c1-3-6-10(2)12(15)9-16-13-8-5-4-7-11(13)14/h4-5,7-8,10,12H,3,6,9,15H2,1-2H3. The molecule has 0 heterocycles. The van der Waals surface area contributed by atoms with Crippen molar-refractivity contribution in [1.29, 1.82) is 0 Å². The van der Waals surface area contributed by atoms with Crippen LogP contribution in [0.15, 0.2) is 29.2 Å². The molecule has 0 aliphatic heterocycles. The van der Waals surface area contributed by atoms with Crippen LogP contribution in [0.3, 0.4) is 0 Å². The van der Waals surface area contributed by atoms with E-state index in [2.05, 4.69) is 13.8 Å². The molecule has 0 radical (unpaired) electrons. The number of thioether (sulfide) groups is 1. The molecule has 0 amide bonds. The second-order valence-electron chi connectivity index (χ2n) is 4.17. The summed E-state index contributed by atoms with van der Waals surface area (Å²) in [6.45, 7) is 4.32. The van der Waals surface area contributed by atoms with Gasteiger partial charge in [0.2, 0.25) is 0 Å². The maximum Gasteiger partial charge on any atom is 0.136 e. The van der Waals surface area contributed by atoms with Crippen LogP contribution in [-0.4, -0.2) is 11.8 Å². The lowest BCUT2D eigenvalue weighted by molar-refractivity contribution is 0.450. The lowest BCUT2D eigenvalue weighted by Crippen LogP contribution is -2.30. The molecule has 0 aliphatic rings. The first-order valence-corrected chi connectivity index (χ1v) is 6.76. The van der Waals surface area contributed by atoms with Crippen LogP contribution < -0.4 is 5.73 Å². The average molecular weight is 241 g/mol. The Morgan fingerprint density at radius 2 is 2.06 bits per heavy atom. The fraction of sp³-hybridized carbons (Fsp3) is 0.538. The summed E-state index contributed by atoms with van der Waals surface area (Å²) in [7, 11) is 0. The van der Waals surface area contributed by atoms with E-state index in [-0.39, 0.29) is 11.9 Å². The van der Waals surface area contributed by atoms with E-state index in [4.69, 9.17) is 5.73 Å². The van der Waals surface area contributed by atoms with Gasteiger partial charge in [-0.3, -0.25) is 0 Å². The van der Waals surface area contributed by atoms with E-state index in [1.165, 1.54) is 17.8 Å². The number of rotatable bonds is 6. The summed E-state index contributed by atoms with van der Waals surface area (Å²) in [6.07, 6.45) is 2.29. The molecular formula is C13H20FNS. The third kappa shape index (κ3) is 4.14. The van der Waals surface area contributed by atoms with Crippen LogP contribution in [0.25, 0.3) is 0 Å². The number of nitrogens with two attached hydrogens (primary N) is 1. The topological polar surface area (TPSA) is 26.0 Å². The first-order chi connectivity index (χ1) is 7.65. The van der Waals surface area contributed by atoms with Crippen molar-refractivity contribution in [3.63, 3.8) is 0 Å². The molecule has 0 aromatic heterocycles. The smallest absolute Gasteiger partial charge is 0.136 e. The molecule has 0 spiro atoms. The SMILES string of the molecule is CCCC(C)C(N)CSc1ccccc1F. The van der Waals surface area contributed by atoms with Crippen molar-refractivity contribution in [2.24, 2.45) is 11.7 Å². The van der Waals surface area contributed by atoms with Gasteiger partial charge < -0.3 is 5.73 Å². The highest BCUT2D eigenvalue weighted by atomic mass is 32.2. The predicted octanol–water partition coefficient (Wildman–Crippen LogP) is 3.68. The van der Waals surface area contributed by atoms with Crippen molar-refractivity contribution in [1.82, 2.24) is 0 Å². The second kappa shape index (κ2) is 6.92. The Hall–Kier alpha value is -0.540. The summed E-state index contributed by atoms with van der Waals surface area (Å²) >= 11 is 1.51. The number of hydrogen-bond donors (Lipinski definition) is 1. The molecular weight excluding hydrogens is 221 g/mol. The monoisotopic (exact) mass is 241 g/mol. The van der Waals surface area contributed by atoms with Gasteiger partial charge in [0.1, 0.15) is 5.82 Å². The van der Waals surface area contributed by atoms with Gasteiger partial charge in [-0.2, -0.15) is 0 Å². The van der Waals surface area contributed by atoms with E-state index in [1.54, 1.807) is 12.1 Å². The Balaban J connectivity index is 2.42. The van der Waals surface area contributed by atoms with Crippen LogP contribution in [0, 0.1) is 11.7 Å². The van der Waals surface area contributed by atoms with E-state index in [0.29, 0.717) is 10.8 Å². The lowest BCUT2D eigenvalue weighted by atomic mass is 9.99. The van der Waals surface area contributed by atoms with E-state index in [9.17, 15) is 4.39 Å². The molecule has 1 rings (SSSR count).